The molecule has 0 fully saturated rings. The molecular formula is C49H36N9O4S2-. The molecule has 0 saturated heterocycles. The van der Waals surface area contributed by atoms with Gasteiger partial charge in [-0.05, 0) is 89.7 Å². The van der Waals surface area contributed by atoms with E-state index in [1.165, 1.54) is 60.7 Å². The summed E-state index contributed by atoms with van der Waals surface area (Å²) in [5.41, 5.74) is 5.27. The molecule has 0 heterocycles. The standard InChI is InChI=1S/C49H36N9O4S2/c1-55-46(34-54)48(36-24-28-43(29-25-36)57-64(3,61)62)40(31-51)15-11-13-38-21-20-37(49(38)58(44-16-6-4-7-17-44)45-18-8-5-9-19-45)12-10-14-39(30-50)47(41(32-52)33-53)35-22-26-42(27-23-35)56-63(2,59)60/h4-19,22-29,56-57H,20-21H2,2-3H3/q-1/b13-11+,14-10+,37-12+,40-15+,47-39-,48-46+. The first-order chi connectivity index (χ1) is 30.7. The Morgan fingerprint density at radius 2 is 1.23 bits per heavy atom. The van der Waals surface area contributed by atoms with E-state index in [-0.39, 0.29) is 45.3 Å². The minimum Gasteiger partial charge on any atom is -0.310 e. The number of nitrogens with zero attached hydrogens (tertiary/aromatic N) is 7. The van der Waals surface area contributed by atoms with E-state index in [1.807, 2.05) is 91.0 Å². The molecule has 0 aromatic heterocycles. The predicted octanol–water partition coefficient (Wildman–Crippen LogP) is 9.56. The Balaban J connectivity index is 1.66. The van der Waals surface area contributed by atoms with Crippen molar-refractivity contribution < 1.29 is 16.8 Å². The molecule has 1 aliphatic rings. The van der Waals surface area contributed by atoms with Crippen molar-refractivity contribution in [3.63, 3.8) is 0 Å². The number of hydrogen-bond acceptors (Lipinski definition) is 10. The number of nitrogens with one attached hydrogen (secondary N) is 2. The zero-order chi connectivity index (χ0) is 46.3. The van der Waals surface area contributed by atoms with Crippen molar-refractivity contribution in [2.75, 3.05) is 26.9 Å². The second-order valence-corrected chi connectivity index (χ2v) is 17.3. The number of rotatable bonds is 15. The highest BCUT2D eigenvalue weighted by Gasteiger charge is 2.26. The molecule has 1 aliphatic carbocycles. The van der Waals surface area contributed by atoms with Gasteiger partial charge in [0.05, 0.1) is 42.5 Å². The molecule has 0 unspecified atom stereocenters. The number of para-hydroxylation sites is 2. The van der Waals surface area contributed by atoms with Gasteiger partial charge in [0.15, 0.2) is 0 Å². The van der Waals surface area contributed by atoms with Crippen molar-refractivity contribution >= 4 is 53.9 Å². The fourth-order valence-corrected chi connectivity index (χ4v) is 7.85. The highest BCUT2D eigenvalue weighted by Crippen LogP contribution is 2.42. The first-order valence-corrected chi connectivity index (χ1v) is 22.8. The van der Waals surface area contributed by atoms with Crippen molar-refractivity contribution in [2.45, 2.75) is 12.8 Å². The van der Waals surface area contributed by atoms with Gasteiger partial charge < -0.3 is 4.90 Å². The monoisotopic (exact) mass is 878 g/mol. The lowest BCUT2D eigenvalue weighted by molar-refractivity contribution is 0.605. The maximum Gasteiger partial charge on any atom is 0.270 e. The Hall–Kier alpha value is -8.83. The van der Waals surface area contributed by atoms with E-state index in [0.29, 0.717) is 24.0 Å². The molecule has 0 aliphatic heterocycles. The van der Waals surface area contributed by atoms with Crippen LogP contribution in [0.15, 0.2) is 179 Å². The van der Waals surface area contributed by atoms with Crippen LogP contribution in [0.5, 0.6) is 0 Å². The van der Waals surface area contributed by atoms with Crippen LogP contribution in [-0.4, -0.2) is 29.3 Å². The number of anilines is 4. The summed E-state index contributed by atoms with van der Waals surface area (Å²) < 4.78 is 51.8. The van der Waals surface area contributed by atoms with Gasteiger partial charge >= 0.3 is 0 Å². The highest BCUT2D eigenvalue weighted by atomic mass is 32.2. The van der Waals surface area contributed by atoms with E-state index in [2.05, 4.69) is 31.3 Å². The molecule has 314 valence electrons. The number of nitriles is 5. The van der Waals surface area contributed by atoms with Crippen molar-refractivity contribution in [1.29, 1.82) is 26.3 Å². The molecule has 5 rings (SSSR count). The molecule has 0 saturated carbocycles. The summed E-state index contributed by atoms with van der Waals surface area (Å²) in [7, 11) is -7.14. The highest BCUT2D eigenvalue weighted by molar-refractivity contribution is 7.92. The summed E-state index contributed by atoms with van der Waals surface area (Å²) in [5.74, 6) is -0.312. The molecule has 0 radical (unpaired) electrons. The largest absolute Gasteiger partial charge is 0.310 e. The van der Waals surface area contributed by atoms with Gasteiger partial charge in [0, 0.05) is 52.4 Å². The normalized spacial score (nSPS) is 14.2. The third-order valence-corrected chi connectivity index (χ3v) is 10.5. The van der Waals surface area contributed by atoms with Gasteiger partial charge in [-0.15, -0.1) is 29.3 Å². The number of sulfonamides is 2. The lowest BCUT2D eigenvalue weighted by atomic mass is 9.90. The van der Waals surface area contributed by atoms with Gasteiger partial charge in [-0.1, -0.05) is 72.8 Å². The topological polar surface area (TPSA) is 219 Å². The van der Waals surface area contributed by atoms with Crippen molar-refractivity contribution in [3.8, 4) is 30.3 Å². The average Bonchev–Trinajstić information content (AvgIpc) is 3.67. The molecule has 64 heavy (non-hydrogen) atoms. The lowest BCUT2D eigenvalue weighted by Crippen LogP contribution is -2.17. The fraction of sp³-hybridized carbons (Fsp3) is 0.0816. The lowest BCUT2D eigenvalue weighted by Gasteiger charge is -2.28. The van der Waals surface area contributed by atoms with E-state index in [1.54, 1.807) is 12.2 Å². The van der Waals surface area contributed by atoms with Crippen LogP contribution in [0, 0.1) is 69.1 Å². The van der Waals surface area contributed by atoms with Crippen LogP contribution >= 0.6 is 0 Å². The van der Waals surface area contributed by atoms with Gasteiger partial charge in [-0.3, -0.25) is 9.44 Å². The van der Waals surface area contributed by atoms with E-state index in [9.17, 15) is 43.1 Å². The van der Waals surface area contributed by atoms with Crippen molar-refractivity contribution in [1.82, 2.24) is 0 Å². The third kappa shape index (κ3) is 11.9. The van der Waals surface area contributed by atoms with Gasteiger partial charge in [0.2, 0.25) is 20.0 Å². The van der Waals surface area contributed by atoms with E-state index < -0.39 is 20.0 Å². The Labute approximate surface area is 373 Å². The SMILES string of the molecule is [C-]#[N+]/C(C#N)=C(/C(C#N)=C/C=C/C1=C(N(c2ccccc2)c2ccccc2)C(=C/C=C/C(C#N)=C(\c2ccc(NS(C)(=O)=O)cc2)[C-](C#N)C#N)/CC1)c1ccc(NS(C)(=O)=O)cc1. The van der Waals surface area contributed by atoms with Gasteiger partial charge in [-0.2, -0.15) is 5.26 Å². The zero-order valence-electron chi connectivity index (χ0n) is 34.4. The number of allylic oxidation sites excluding steroid dienone is 13. The van der Waals surface area contributed by atoms with Crippen LogP contribution in [0.1, 0.15) is 24.0 Å². The van der Waals surface area contributed by atoms with Crippen LogP contribution in [0.3, 0.4) is 0 Å². The zero-order valence-corrected chi connectivity index (χ0v) is 36.0. The molecule has 4 aromatic rings. The minimum atomic E-state index is -3.57. The van der Waals surface area contributed by atoms with Crippen LogP contribution in [-0.2, 0) is 20.0 Å². The fourth-order valence-electron chi connectivity index (χ4n) is 6.73. The van der Waals surface area contributed by atoms with Crippen molar-refractivity contribution in [3.05, 3.63) is 208 Å². The van der Waals surface area contributed by atoms with E-state index >= 15 is 0 Å². The van der Waals surface area contributed by atoms with Crippen LogP contribution in [0.4, 0.5) is 22.7 Å². The molecule has 0 amide bonds. The molecule has 0 spiro atoms. The van der Waals surface area contributed by atoms with E-state index in [4.69, 9.17) is 6.57 Å². The Morgan fingerprint density at radius 1 is 0.703 bits per heavy atom. The molecular weight excluding hydrogens is 843 g/mol. The van der Waals surface area contributed by atoms with Gasteiger partial charge in [-0.25, -0.2) is 42.7 Å². The minimum absolute atomic E-state index is 0.0147. The van der Waals surface area contributed by atoms with Crippen LogP contribution in [0.2, 0.25) is 0 Å². The first kappa shape index (κ1) is 46.2. The summed E-state index contributed by atoms with van der Waals surface area (Å²) >= 11 is 0. The molecule has 0 bridgehead atoms. The molecule has 15 heteroatoms. The summed E-state index contributed by atoms with van der Waals surface area (Å²) in [6.45, 7) is 7.68. The molecule has 2 N–H and O–H groups in total. The maximum atomic E-state index is 11.8. The Kier molecular flexibility index (Phi) is 15.3. The van der Waals surface area contributed by atoms with Crippen LogP contribution < -0.4 is 14.3 Å². The van der Waals surface area contributed by atoms with Crippen LogP contribution in [0.25, 0.3) is 16.0 Å². The quantitative estimate of drug-likeness (QED) is 0.0654. The third-order valence-electron chi connectivity index (χ3n) is 9.31. The summed E-state index contributed by atoms with van der Waals surface area (Å²) in [5, 5.41) is 50.4. The number of benzene rings is 4. The average molecular weight is 879 g/mol. The summed E-state index contributed by atoms with van der Waals surface area (Å²) in [4.78, 5) is 5.46. The predicted molar refractivity (Wildman–Crippen MR) is 247 cm³/mol. The second-order valence-electron chi connectivity index (χ2n) is 13.8. The Bertz CT molecular complexity index is 3070. The first-order valence-electron chi connectivity index (χ1n) is 19.0. The van der Waals surface area contributed by atoms with E-state index in [0.717, 1.165) is 40.7 Å². The van der Waals surface area contributed by atoms with Crippen molar-refractivity contribution in [2.24, 2.45) is 0 Å². The smallest absolute Gasteiger partial charge is 0.270 e. The molecule has 13 nitrogen and oxygen atoms in total. The summed E-state index contributed by atoms with van der Waals surface area (Å²) in [6, 6.07) is 41.1. The van der Waals surface area contributed by atoms with Gasteiger partial charge in [0.1, 0.15) is 0 Å². The van der Waals surface area contributed by atoms with Gasteiger partial charge in [0.25, 0.3) is 5.70 Å². The Morgan fingerprint density at radius 3 is 1.69 bits per heavy atom. The maximum absolute atomic E-state index is 11.8. The number of hydrogen-bond donors (Lipinski definition) is 2. The summed E-state index contributed by atoms with van der Waals surface area (Å²) in [6.07, 6.45) is 13.1. The second kappa shape index (κ2) is 21.1. The molecule has 0 atom stereocenters. The molecule has 4 aromatic carbocycles.